The second kappa shape index (κ2) is 6.38. The maximum absolute atomic E-state index is 11.8. The Hall–Kier alpha value is -2.08. The van der Waals surface area contributed by atoms with Crippen LogP contribution in [0.2, 0.25) is 0 Å². The summed E-state index contributed by atoms with van der Waals surface area (Å²) in [4.78, 5) is 24.5. The van der Waals surface area contributed by atoms with Crippen LogP contribution in [-0.4, -0.2) is 63.2 Å². The number of rotatable bonds is 4. The minimum Gasteiger partial charge on any atom is -0.410 e. The summed E-state index contributed by atoms with van der Waals surface area (Å²) < 4.78 is 5.65. The minimum atomic E-state index is -0.438. The summed E-state index contributed by atoms with van der Waals surface area (Å²) in [6, 6.07) is 6.68. The Bertz CT molecular complexity index is 475. The molecular weight excluding hydrogens is 258 g/mol. The van der Waals surface area contributed by atoms with Crippen LogP contribution < -0.4 is 10.1 Å². The molecule has 6 nitrogen and oxygen atoms in total. The zero-order valence-electron chi connectivity index (χ0n) is 12.6. The Balaban J connectivity index is 2.59. The van der Waals surface area contributed by atoms with Gasteiger partial charge in [-0.05, 0) is 24.3 Å². The molecule has 1 aromatic carbocycles. The third kappa shape index (κ3) is 5.71. The molecule has 0 heterocycles. The molecule has 0 spiro atoms. The van der Waals surface area contributed by atoms with Crippen molar-refractivity contribution in [1.29, 1.82) is 0 Å². The molecule has 0 aromatic heterocycles. The molecule has 1 aromatic rings. The van der Waals surface area contributed by atoms with E-state index in [9.17, 15) is 9.59 Å². The van der Waals surface area contributed by atoms with Gasteiger partial charge in [-0.25, -0.2) is 4.79 Å². The lowest BCUT2D eigenvalue weighted by Gasteiger charge is -2.22. The van der Waals surface area contributed by atoms with Gasteiger partial charge in [0.05, 0.1) is 21.1 Å². The van der Waals surface area contributed by atoms with E-state index in [4.69, 9.17) is 4.74 Å². The summed E-state index contributed by atoms with van der Waals surface area (Å²) in [5, 5.41) is 2.80. The molecule has 110 valence electrons. The number of hydrogen-bond donors (Lipinski definition) is 1. The van der Waals surface area contributed by atoms with E-state index in [-0.39, 0.29) is 5.91 Å². The molecule has 20 heavy (non-hydrogen) atoms. The predicted molar refractivity (Wildman–Crippen MR) is 77.7 cm³/mol. The van der Waals surface area contributed by atoms with E-state index in [1.165, 1.54) is 4.90 Å². The monoisotopic (exact) mass is 280 g/mol. The SMILES string of the molecule is CN(C)C(=O)Oc1ccc(NC(=O)C[N+](C)(C)C)cc1. The maximum atomic E-state index is 11.8. The number of benzene rings is 1. The molecule has 0 saturated carbocycles. The van der Waals surface area contributed by atoms with Crippen LogP contribution in [0.5, 0.6) is 5.75 Å². The van der Waals surface area contributed by atoms with E-state index in [0.29, 0.717) is 22.5 Å². The number of carbonyl (C=O) groups excluding carboxylic acids is 2. The Kier molecular flexibility index (Phi) is 5.10. The van der Waals surface area contributed by atoms with Crippen LogP contribution in [0.25, 0.3) is 0 Å². The van der Waals surface area contributed by atoms with Gasteiger partial charge >= 0.3 is 6.09 Å². The summed E-state index contributed by atoms with van der Waals surface area (Å²) in [7, 11) is 9.07. The second-order valence-corrected chi connectivity index (χ2v) is 5.78. The molecule has 0 radical (unpaired) electrons. The van der Waals surface area contributed by atoms with E-state index < -0.39 is 6.09 Å². The Labute approximate surface area is 119 Å². The fourth-order valence-electron chi connectivity index (χ4n) is 1.43. The van der Waals surface area contributed by atoms with Crippen LogP contribution >= 0.6 is 0 Å². The zero-order chi connectivity index (χ0) is 15.3. The average molecular weight is 280 g/mol. The van der Waals surface area contributed by atoms with Crippen LogP contribution in [0.3, 0.4) is 0 Å². The molecule has 0 aliphatic heterocycles. The van der Waals surface area contributed by atoms with Crippen molar-refractivity contribution in [2.75, 3.05) is 47.1 Å². The number of quaternary nitrogens is 1. The van der Waals surface area contributed by atoms with E-state index in [1.807, 2.05) is 21.1 Å². The summed E-state index contributed by atoms with van der Waals surface area (Å²) in [5.41, 5.74) is 0.674. The molecule has 0 bridgehead atoms. The highest BCUT2D eigenvalue weighted by atomic mass is 16.6. The van der Waals surface area contributed by atoms with Gasteiger partial charge < -0.3 is 19.4 Å². The first-order chi connectivity index (χ1) is 9.17. The smallest absolute Gasteiger partial charge is 0.410 e. The van der Waals surface area contributed by atoms with Crippen LogP contribution in [0.4, 0.5) is 10.5 Å². The molecular formula is C14H22N3O3+. The summed E-state index contributed by atoms with van der Waals surface area (Å²) in [5.74, 6) is 0.379. The summed E-state index contributed by atoms with van der Waals surface area (Å²) >= 11 is 0. The van der Waals surface area contributed by atoms with E-state index >= 15 is 0 Å². The number of hydrogen-bond acceptors (Lipinski definition) is 3. The number of nitrogens with one attached hydrogen (secondary N) is 1. The molecule has 1 rings (SSSR count). The molecule has 0 fully saturated rings. The number of amides is 2. The normalized spacial score (nSPS) is 10.8. The van der Waals surface area contributed by atoms with Crippen molar-refractivity contribution in [3.05, 3.63) is 24.3 Å². The molecule has 6 heteroatoms. The summed E-state index contributed by atoms with van der Waals surface area (Å²) in [6.07, 6.45) is -0.438. The van der Waals surface area contributed by atoms with Gasteiger partial charge in [-0.15, -0.1) is 0 Å². The second-order valence-electron chi connectivity index (χ2n) is 5.78. The van der Waals surface area contributed by atoms with Gasteiger partial charge in [-0.2, -0.15) is 0 Å². The maximum Gasteiger partial charge on any atom is 0.414 e. The molecule has 0 aliphatic carbocycles. The standard InChI is InChI=1S/C14H21N3O3/c1-16(2)14(19)20-12-8-6-11(7-9-12)15-13(18)10-17(3,4)5/h6-9H,10H2,1-5H3/p+1. The molecule has 0 saturated heterocycles. The number of nitrogens with zero attached hydrogens (tertiary/aromatic N) is 2. The lowest BCUT2D eigenvalue weighted by Crippen LogP contribution is -2.41. The zero-order valence-corrected chi connectivity index (χ0v) is 12.6. The lowest BCUT2D eigenvalue weighted by molar-refractivity contribution is -0.861. The topological polar surface area (TPSA) is 58.6 Å². The van der Waals surface area contributed by atoms with Crippen molar-refractivity contribution in [3.8, 4) is 5.75 Å². The quantitative estimate of drug-likeness (QED) is 0.848. The summed E-state index contributed by atoms with van der Waals surface area (Å²) in [6.45, 7) is 0.386. The number of carbonyl (C=O) groups is 2. The Morgan fingerprint density at radius 1 is 1.15 bits per heavy atom. The highest BCUT2D eigenvalue weighted by Crippen LogP contribution is 2.16. The fourth-order valence-corrected chi connectivity index (χ4v) is 1.43. The fraction of sp³-hybridized carbons (Fsp3) is 0.429. The van der Waals surface area contributed by atoms with Crippen LogP contribution in [0.1, 0.15) is 0 Å². The Morgan fingerprint density at radius 2 is 1.70 bits per heavy atom. The van der Waals surface area contributed by atoms with Gasteiger partial charge in [0.25, 0.3) is 5.91 Å². The van der Waals surface area contributed by atoms with Crippen molar-refractivity contribution in [1.82, 2.24) is 4.90 Å². The van der Waals surface area contributed by atoms with Crippen LogP contribution in [0, 0.1) is 0 Å². The van der Waals surface area contributed by atoms with Gasteiger partial charge in [-0.3, -0.25) is 4.79 Å². The molecule has 0 aliphatic rings. The van der Waals surface area contributed by atoms with Crippen molar-refractivity contribution < 1.29 is 18.8 Å². The van der Waals surface area contributed by atoms with Crippen LogP contribution in [0.15, 0.2) is 24.3 Å². The van der Waals surface area contributed by atoms with Gasteiger partial charge in [-0.1, -0.05) is 0 Å². The van der Waals surface area contributed by atoms with Gasteiger partial charge in [0.15, 0.2) is 6.54 Å². The first-order valence-electron chi connectivity index (χ1n) is 6.27. The molecule has 2 amide bonds. The average Bonchev–Trinajstić information content (AvgIpc) is 2.28. The first kappa shape index (κ1) is 16.0. The van der Waals surface area contributed by atoms with Crippen molar-refractivity contribution in [3.63, 3.8) is 0 Å². The number of ether oxygens (including phenoxy) is 1. The van der Waals surface area contributed by atoms with Crippen molar-refractivity contribution in [2.45, 2.75) is 0 Å². The highest BCUT2D eigenvalue weighted by molar-refractivity contribution is 5.91. The van der Waals surface area contributed by atoms with E-state index in [1.54, 1.807) is 38.4 Å². The van der Waals surface area contributed by atoms with Gasteiger partial charge in [0, 0.05) is 19.8 Å². The number of likely N-dealkylation sites (N-methyl/N-ethyl adjacent to an activating group) is 1. The van der Waals surface area contributed by atoms with Gasteiger partial charge in [0.1, 0.15) is 5.75 Å². The molecule has 0 unspecified atom stereocenters. The predicted octanol–water partition coefficient (Wildman–Crippen LogP) is 1.39. The van der Waals surface area contributed by atoms with E-state index in [2.05, 4.69) is 5.32 Å². The third-order valence-electron chi connectivity index (χ3n) is 2.33. The van der Waals surface area contributed by atoms with Crippen molar-refractivity contribution in [2.24, 2.45) is 0 Å². The third-order valence-corrected chi connectivity index (χ3v) is 2.33. The minimum absolute atomic E-state index is 0.0597. The first-order valence-corrected chi connectivity index (χ1v) is 6.27. The Morgan fingerprint density at radius 3 is 2.15 bits per heavy atom. The van der Waals surface area contributed by atoms with Gasteiger partial charge in [0.2, 0.25) is 0 Å². The lowest BCUT2D eigenvalue weighted by atomic mass is 10.3. The molecule has 0 atom stereocenters. The van der Waals surface area contributed by atoms with Crippen LogP contribution in [-0.2, 0) is 4.79 Å². The largest absolute Gasteiger partial charge is 0.414 e. The highest BCUT2D eigenvalue weighted by Gasteiger charge is 2.14. The van der Waals surface area contributed by atoms with E-state index in [0.717, 1.165) is 0 Å². The molecule has 1 N–H and O–H groups in total. The van der Waals surface area contributed by atoms with Crippen molar-refractivity contribution >= 4 is 17.7 Å². The number of anilines is 1.